The molecule has 3 heterocycles. The topological polar surface area (TPSA) is 56.2 Å². The average molecular weight is 550 g/mol. The van der Waals surface area contributed by atoms with Gasteiger partial charge in [0, 0.05) is 57.7 Å². The van der Waals surface area contributed by atoms with Gasteiger partial charge in [0.15, 0.2) is 5.96 Å². The molecule has 0 bridgehead atoms. The van der Waals surface area contributed by atoms with E-state index in [-0.39, 0.29) is 30.1 Å². The number of aliphatic imine (C=N–C) groups is 1. The van der Waals surface area contributed by atoms with Crippen molar-refractivity contribution in [2.45, 2.75) is 26.5 Å². The Morgan fingerprint density at radius 1 is 1.06 bits per heavy atom. The summed E-state index contributed by atoms with van der Waals surface area (Å²) in [4.78, 5) is 16.7. The first-order valence-corrected chi connectivity index (χ1v) is 11.4. The van der Waals surface area contributed by atoms with E-state index in [1.54, 1.807) is 0 Å². The van der Waals surface area contributed by atoms with Crippen LogP contribution in [0.15, 0.2) is 53.7 Å². The molecule has 0 radical (unpaired) electrons. The van der Waals surface area contributed by atoms with Gasteiger partial charge in [0.25, 0.3) is 0 Å². The van der Waals surface area contributed by atoms with Gasteiger partial charge in [-0.3, -0.25) is 0 Å². The molecule has 0 saturated carbocycles. The number of morpholine rings is 1. The molecule has 2 aromatic rings. The summed E-state index contributed by atoms with van der Waals surface area (Å²) in [7, 11) is 0. The van der Waals surface area contributed by atoms with E-state index in [0.717, 1.165) is 69.8 Å². The molecule has 0 spiro atoms. The van der Waals surface area contributed by atoms with Gasteiger partial charge in [-0.05, 0) is 37.6 Å². The van der Waals surface area contributed by atoms with Crippen molar-refractivity contribution in [3.63, 3.8) is 0 Å². The molecular weight excluding hydrogens is 515 g/mol. The summed E-state index contributed by atoms with van der Waals surface area (Å²) in [6.45, 7) is 12.2. The fraction of sp³-hybridized carbons (Fsp3) is 0.500. The minimum atomic E-state index is 0. The van der Waals surface area contributed by atoms with Crippen LogP contribution < -0.4 is 15.1 Å². The Bertz CT molecular complexity index is 839. The van der Waals surface area contributed by atoms with Crippen molar-refractivity contribution in [3.8, 4) is 0 Å². The monoisotopic (exact) mass is 550 g/mol. The number of hydrogen-bond donors (Lipinski definition) is 1. The second-order valence-corrected chi connectivity index (χ2v) is 8.13. The number of para-hydroxylation sites is 1. The lowest BCUT2D eigenvalue weighted by Gasteiger charge is -2.37. The lowest BCUT2D eigenvalue weighted by Crippen LogP contribution is -2.52. The predicted octanol–water partition coefficient (Wildman–Crippen LogP) is 3.21. The molecule has 4 rings (SSSR count). The van der Waals surface area contributed by atoms with Crippen LogP contribution in [0.3, 0.4) is 0 Å². The molecule has 1 atom stereocenters. The van der Waals surface area contributed by atoms with E-state index in [4.69, 9.17) is 9.73 Å². The molecule has 2 aliphatic rings. The number of ether oxygens (including phenoxy) is 1. The van der Waals surface area contributed by atoms with E-state index in [9.17, 15) is 0 Å². The maximum atomic E-state index is 5.63. The first-order chi connectivity index (χ1) is 15.2. The van der Waals surface area contributed by atoms with Gasteiger partial charge in [-0.15, -0.1) is 24.0 Å². The van der Waals surface area contributed by atoms with E-state index in [2.05, 4.69) is 81.3 Å². The first-order valence-electron chi connectivity index (χ1n) is 11.4. The third-order valence-electron chi connectivity index (χ3n) is 5.82. The Labute approximate surface area is 208 Å². The average Bonchev–Trinajstić information content (AvgIpc) is 2.83. The van der Waals surface area contributed by atoms with Gasteiger partial charge >= 0.3 is 0 Å². The number of guanidine groups is 1. The van der Waals surface area contributed by atoms with Gasteiger partial charge in [0.2, 0.25) is 0 Å². The number of anilines is 2. The Kier molecular flexibility index (Phi) is 9.40. The van der Waals surface area contributed by atoms with Gasteiger partial charge < -0.3 is 24.8 Å². The summed E-state index contributed by atoms with van der Waals surface area (Å²) in [5.41, 5.74) is 2.42. The first kappa shape index (κ1) is 24.6. The zero-order valence-corrected chi connectivity index (χ0v) is 21.4. The van der Waals surface area contributed by atoms with Crippen molar-refractivity contribution in [1.82, 2.24) is 15.2 Å². The maximum absolute atomic E-state index is 5.63. The van der Waals surface area contributed by atoms with Crippen molar-refractivity contribution in [2.75, 3.05) is 62.2 Å². The van der Waals surface area contributed by atoms with Crippen LogP contribution in [-0.2, 0) is 11.3 Å². The van der Waals surface area contributed by atoms with Crippen LogP contribution in [0.25, 0.3) is 0 Å². The third kappa shape index (κ3) is 6.48. The standard InChI is InChI=1S/C24H34N6O.HI/c1-3-25-24(29-13-11-28(12-14-29)22-7-5-4-6-8-22)27-18-21-9-10-23(26-17-21)30-15-16-31-20(2)19-30;/h4-10,17,20H,3,11-16,18-19H2,1-2H3,(H,25,27);1H. The summed E-state index contributed by atoms with van der Waals surface area (Å²) >= 11 is 0. The quantitative estimate of drug-likeness (QED) is 0.351. The van der Waals surface area contributed by atoms with E-state index in [1.165, 1.54) is 5.69 Å². The smallest absolute Gasteiger partial charge is 0.194 e. The lowest BCUT2D eigenvalue weighted by atomic mass is 10.2. The van der Waals surface area contributed by atoms with Gasteiger partial charge in [0.05, 0.1) is 19.3 Å². The van der Waals surface area contributed by atoms with Gasteiger partial charge in [-0.25, -0.2) is 9.98 Å². The molecule has 8 heteroatoms. The molecule has 32 heavy (non-hydrogen) atoms. The van der Waals surface area contributed by atoms with Crippen LogP contribution in [0.4, 0.5) is 11.5 Å². The number of hydrogen-bond acceptors (Lipinski definition) is 5. The Morgan fingerprint density at radius 2 is 1.84 bits per heavy atom. The molecule has 1 aromatic heterocycles. The molecule has 2 saturated heterocycles. The van der Waals surface area contributed by atoms with E-state index < -0.39 is 0 Å². The molecule has 1 N–H and O–H groups in total. The number of nitrogens with one attached hydrogen (secondary N) is 1. The number of halogens is 1. The molecule has 0 aliphatic carbocycles. The molecule has 7 nitrogen and oxygen atoms in total. The molecule has 1 aromatic carbocycles. The second-order valence-electron chi connectivity index (χ2n) is 8.13. The fourth-order valence-corrected chi connectivity index (χ4v) is 4.13. The number of rotatable bonds is 5. The number of benzene rings is 1. The Balaban J connectivity index is 0.00000289. The third-order valence-corrected chi connectivity index (χ3v) is 5.82. The maximum Gasteiger partial charge on any atom is 0.194 e. The van der Waals surface area contributed by atoms with Crippen molar-refractivity contribution in [1.29, 1.82) is 0 Å². The largest absolute Gasteiger partial charge is 0.375 e. The second kappa shape index (κ2) is 12.2. The van der Waals surface area contributed by atoms with Crippen LogP contribution in [0.2, 0.25) is 0 Å². The van der Waals surface area contributed by atoms with Crippen molar-refractivity contribution in [3.05, 3.63) is 54.2 Å². The minimum Gasteiger partial charge on any atom is -0.375 e. The zero-order valence-electron chi connectivity index (χ0n) is 19.1. The van der Waals surface area contributed by atoms with Gasteiger partial charge in [-0.2, -0.15) is 0 Å². The number of nitrogens with zero attached hydrogens (tertiary/aromatic N) is 5. The highest BCUT2D eigenvalue weighted by atomic mass is 127. The minimum absolute atomic E-state index is 0. The summed E-state index contributed by atoms with van der Waals surface area (Å²) in [5.74, 6) is 2.01. The SMILES string of the molecule is CCNC(=NCc1ccc(N2CCOC(C)C2)nc1)N1CCN(c2ccccc2)CC1.I. The molecular formula is C24H35IN6O. The highest BCUT2D eigenvalue weighted by Gasteiger charge is 2.20. The molecule has 2 fully saturated rings. The normalized spacial score (nSPS) is 19.5. The molecule has 2 aliphatic heterocycles. The number of piperazine rings is 1. The summed E-state index contributed by atoms with van der Waals surface area (Å²) in [5, 5.41) is 3.46. The summed E-state index contributed by atoms with van der Waals surface area (Å²) in [6.07, 6.45) is 2.21. The van der Waals surface area contributed by atoms with Crippen LogP contribution >= 0.6 is 24.0 Å². The molecule has 0 amide bonds. The number of pyridine rings is 1. The zero-order chi connectivity index (χ0) is 21.5. The number of aromatic nitrogens is 1. The Hall–Kier alpha value is -2.07. The van der Waals surface area contributed by atoms with Crippen LogP contribution in [0.1, 0.15) is 19.4 Å². The van der Waals surface area contributed by atoms with Gasteiger partial charge in [-0.1, -0.05) is 24.3 Å². The van der Waals surface area contributed by atoms with Gasteiger partial charge in [0.1, 0.15) is 5.82 Å². The summed E-state index contributed by atoms with van der Waals surface area (Å²) in [6, 6.07) is 14.9. The van der Waals surface area contributed by atoms with E-state index in [0.29, 0.717) is 6.54 Å². The predicted molar refractivity (Wildman–Crippen MR) is 142 cm³/mol. The van der Waals surface area contributed by atoms with Crippen LogP contribution in [0, 0.1) is 0 Å². The van der Waals surface area contributed by atoms with Crippen LogP contribution in [-0.4, -0.2) is 74.4 Å². The van der Waals surface area contributed by atoms with Crippen molar-refractivity contribution < 1.29 is 4.74 Å². The molecule has 1 unspecified atom stereocenters. The van der Waals surface area contributed by atoms with Crippen molar-refractivity contribution >= 4 is 41.4 Å². The van der Waals surface area contributed by atoms with Crippen LogP contribution in [0.5, 0.6) is 0 Å². The summed E-state index contributed by atoms with van der Waals surface area (Å²) < 4.78 is 5.63. The fourth-order valence-electron chi connectivity index (χ4n) is 4.13. The highest BCUT2D eigenvalue weighted by molar-refractivity contribution is 14.0. The molecule has 174 valence electrons. The van der Waals surface area contributed by atoms with Crippen molar-refractivity contribution in [2.24, 2.45) is 4.99 Å². The highest BCUT2D eigenvalue weighted by Crippen LogP contribution is 2.17. The van der Waals surface area contributed by atoms with E-state index in [1.807, 2.05) is 6.20 Å². The van der Waals surface area contributed by atoms with E-state index >= 15 is 0 Å². The Morgan fingerprint density at radius 3 is 2.50 bits per heavy atom. The lowest BCUT2D eigenvalue weighted by molar-refractivity contribution is 0.0529.